The largest absolute Gasteiger partial charge is 0.359 e. The van der Waals surface area contributed by atoms with E-state index in [-0.39, 0.29) is 22.2 Å². The second-order valence-corrected chi connectivity index (χ2v) is 13.5. The summed E-state index contributed by atoms with van der Waals surface area (Å²) in [6.45, 7) is 9.46. The van der Waals surface area contributed by atoms with Gasteiger partial charge in [0.05, 0.1) is 11.2 Å². The summed E-state index contributed by atoms with van der Waals surface area (Å²) in [6, 6.07) is 9.77. The van der Waals surface area contributed by atoms with Crippen LogP contribution in [0.1, 0.15) is 90.5 Å². The van der Waals surface area contributed by atoms with Gasteiger partial charge < -0.3 is 10.1 Å². The minimum absolute atomic E-state index is 0.0382. The molecule has 3 nitrogen and oxygen atoms in total. The van der Waals surface area contributed by atoms with Crippen molar-refractivity contribution in [3.05, 3.63) is 65.5 Å². The van der Waals surface area contributed by atoms with Crippen LogP contribution in [0.25, 0.3) is 10.8 Å². The third kappa shape index (κ3) is 3.20. The van der Waals surface area contributed by atoms with Crippen LogP contribution in [-0.2, 0) is 4.74 Å². The van der Waals surface area contributed by atoms with E-state index in [0.717, 1.165) is 6.42 Å². The van der Waals surface area contributed by atoms with Gasteiger partial charge in [0.2, 0.25) is 0 Å². The van der Waals surface area contributed by atoms with Crippen LogP contribution in [-0.4, -0.2) is 27.8 Å². The first-order valence-corrected chi connectivity index (χ1v) is 13.9. The van der Waals surface area contributed by atoms with Crippen molar-refractivity contribution >= 4 is 10.8 Å². The van der Waals surface area contributed by atoms with E-state index in [9.17, 15) is 0 Å². The molecule has 7 rings (SSSR count). The molecule has 184 valence electrons. The maximum absolute atomic E-state index is 7.47. The van der Waals surface area contributed by atoms with Crippen molar-refractivity contribution in [2.24, 2.45) is 11.3 Å². The van der Waals surface area contributed by atoms with Gasteiger partial charge in [0, 0.05) is 29.4 Å². The summed E-state index contributed by atoms with van der Waals surface area (Å²) >= 11 is 0. The Hall–Kier alpha value is -1.97. The molecule has 1 N–H and O–H groups in total. The first kappa shape index (κ1) is 22.2. The molecule has 2 aromatic rings. The van der Waals surface area contributed by atoms with Crippen molar-refractivity contribution in [3.8, 4) is 0 Å². The Labute approximate surface area is 210 Å². The molecule has 1 aromatic heterocycles. The molecule has 2 unspecified atom stereocenters. The first-order chi connectivity index (χ1) is 16.7. The van der Waals surface area contributed by atoms with Gasteiger partial charge in [0.25, 0.3) is 0 Å². The van der Waals surface area contributed by atoms with Crippen molar-refractivity contribution in [2.45, 2.75) is 108 Å². The highest BCUT2D eigenvalue weighted by Crippen LogP contribution is 2.69. The monoisotopic (exact) mass is 468 g/mol. The summed E-state index contributed by atoms with van der Waals surface area (Å²) < 4.78 is 7.47. The molecule has 3 heterocycles. The fourth-order valence-corrected chi connectivity index (χ4v) is 9.01. The second kappa shape index (κ2) is 7.29. The number of benzene rings is 1. The Kier molecular flexibility index (Phi) is 4.64. The molecule has 2 aliphatic heterocycles. The van der Waals surface area contributed by atoms with E-state index in [2.05, 4.69) is 74.4 Å². The number of aromatic nitrogens is 1. The molecule has 3 fully saturated rings. The molecule has 0 amide bonds. The van der Waals surface area contributed by atoms with E-state index < -0.39 is 0 Å². The van der Waals surface area contributed by atoms with Gasteiger partial charge in [-0.3, -0.25) is 4.98 Å². The molecule has 2 saturated carbocycles. The van der Waals surface area contributed by atoms with Crippen LogP contribution >= 0.6 is 0 Å². The summed E-state index contributed by atoms with van der Waals surface area (Å²) in [4.78, 5) is 4.39. The minimum Gasteiger partial charge on any atom is -0.359 e. The van der Waals surface area contributed by atoms with Crippen molar-refractivity contribution in [1.29, 1.82) is 0 Å². The number of fused-ring (bicyclic) bond motifs is 2. The zero-order valence-electron chi connectivity index (χ0n) is 21.9. The maximum atomic E-state index is 7.47. The highest BCUT2D eigenvalue weighted by atomic mass is 16.5. The zero-order valence-corrected chi connectivity index (χ0v) is 21.9. The lowest BCUT2D eigenvalue weighted by Crippen LogP contribution is -2.56. The summed E-state index contributed by atoms with van der Waals surface area (Å²) in [5, 5.41) is 6.46. The lowest BCUT2D eigenvalue weighted by molar-refractivity contribution is -0.136. The third-order valence-electron chi connectivity index (χ3n) is 10.4. The van der Waals surface area contributed by atoms with Gasteiger partial charge in [-0.1, -0.05) is 31.2 Å². The molecule has 0 radical (unpaired) electrons. The molecule has 1 saturated heterocycles. The maximum Gasteiger partial charge on any atom is 0.0974 e. The van der Waals surface area contributed by atoms with Crippen LogP contribution in [0.2, 0.25) is 0 Å². The van der Waals surface area contributed by atoms with Crippen LogP contribution < -0.4 is 5.32 Å². The number of rotatable bonds is 2. The average molecular weight is 469 g/mol. The topological polar surface area (TPSA) is 34.2 Å². The number of hydrogen-bond acceptors (Lipinski definition) is 3. The normalized spacial score (nSPS) is 40.1. The summed E-state index contributed by atoms with van der Waals surface area (Å²) in [6.07, 6.45) is 18.7. The van der Waals surface area contributed by atoms with Crippen molar-refractivity contribution < 1.29 is 4.74 Å². The van der Waals surface area contributed by atoms with Gasteiger partial charge in [0.1, 0.15) is 0 Å². The molecule has 2 bridgehead atoms. The van der Waals surface area contributed by atoms with Crippen molar-refractivity contribution in [2.75, 3.05) is 0 Å². The van der Waals surface area contributed by atoms with Crippen LogP contribution in [0.3, 0.4) is 0 Å². The number of pyridine rings is 1. The fraction of sp³-hybridized carbons (Fsp3) is 0.594. The van der Waals surface area contributed by atoms with Crippen LogP contribution in [0.5, 0.6) is 0 Å². The SMILES string of the molecule is CC(C)(C)NC1CCC2=CC3=CC[C@]4(C)C(c5ccc6ccncc6c5)CC[C@H]4[C@@]34CC[C@]2(C1)O4. The van der Waals surface area contributed by atoms with Gasteiger partial charge in [0.15, 0.2) is 0 Å². The van der Waals surface area contributed by atoms with E-state index in [1.54, 1.807) is 5.57 Å². The summed E-state index contributed by atoms with van der Waals surface area (Å²) in [5.74, 6) is 1.18. The Morgan fingerprint density at radius 1 is 1.06 bits per heavy atom. The highest BCUT2D eigenvalue weighted by Gasteiger charge is 2.66. The Morgan fingerprint density at radius 2 is 1.94 bits per heavy atom. The van der Waals surface area contributed by atoms with Crippen LogP contribution in [0, 0.1) is 11.3 Å². The lowest BCUT2D eigenvalue weighted by atomic mass is 9.58. The number of nitrogens with zero attached hydrogens (tertiary/aromatic N) is 1. The molecule has 6 atom stereocenters. The van der Waals surface area contributed by atoms with Gasteiger partial charge in [-0.15, -0.1) is 0 Å². The number of hydrogen-bond donors (Lipinski definition) is 1. The quantitative estimate of drug-likeness (QED) is 0.505. The Balaban J connectivity index is 1.24. The van der Waals surface area contributed by atoms with Crippen molar-refractivity contribution in [3.63, 3.8) is 0 Å². The molecule has 3 aliphatic carbocycles. The second-order valence-electron chi connectivity index (χ2n) is 13.5. The first-order valence-electron chi connectivity index (χ1n) is 13.9. The molecule has 5 aliphatic rings. The Morgan fingerprint density at radius 3 is 2.80 bits per heavy atom. The van der Waals surface area contributed by atoms with E-state index in [4.69, 9.17) is 4.74 Å². The predicted molar refractivity (Wildman–Crippen MR) is 142 cm³/mol. The van der Waals surface area contributed by atoms with Gasteiger partial charge >= 0.3 is 0 Å². The summed E-state index contributed by atoms with van der Waals surface area (Å²) in [7, 11) is 0. The standard InChI is InChI=1S/C32H40N2O/c1-29(2,3)34-26-8-7-24-18-25-11-13-30(4)27(22-6-5-21-12-16-33-20-23(21)17-22)9-10-28(30)32(25)15-14-31(24,19-26)35-32/h5-6,11-12,16-18,20,26-28,34H,7-10,13-15,19H2,1-4H3/t26?,27?,28-,30-,31-,32-/m1/s1. The molecule has 3 heteroatoms. The van der Waals surface area contributed by atoms with E-state index in [1.807, 2.05) is 12.4 Å². The van der Waals surface area contributed by atoms with E-state index in [1.165, 1.54) is 66.9 Å². The van der Waals surface area contributed by atoms with Crippen LogP contribution in [0.4, 0.5) is 0 Å². The zero-order chi connectivity index (χ0) is 24.1. The van der Waals surface area contributed by atoms with E-state index >= 15 is 0 Å². The minimum atomic E-state index is -0.0761. The van der Waals surface area contributed by atoms with Gasteiger partial charge in [-0.25, -0.2) is 0 Å². The Bertz CT molecular complexity index is 1250. The number of nitrogens with one attached hydrogen (secondary N) is 1. The molecule has 35 heavy (non-hydrogen) atoms. The third-order valence-corrected chi connectivity index (χ3v) is 10.4. The van der Waals surface area contributed by atoms with Gasteiger partial charge in [-0.2, -0.15) is 0 Å². The van der Waals surface area contributed by atoms with Gasteiger partial charge in [-0.05, 0) is 124 Å². The molecule has 1 aromatic carbocycles. The highest BCUT2D eigenvalue weighted by molar-refractivity contribution is 5.82. The smallest absolute Gasteiger partial charge is 0.0974 e. The van der Waals surface area contributed by atoms with Crippen molar-refractivity contribution in [1.82, 2.24) is 10.3 Å². The number of ether oxygens (including phenoxy) is 1. The van der Waals surface area contributed by atoms with Crippen LogP contribution in [0.15, 0.2) is 60.0 Å². The van der Waals surface area contributed by atoms with E-state index in [0.29, 0.717) is 17.9 Å². The molecular weight excluding hydrogens is 428 g/mol. The fourth-order valence-electron chi connectivity index (χ4n) is 9.01. The lowest BCUT2D eigenvalue weighted by Gasteiger charge is -2.54. The molecule has 2 spiro atoms. The average Bonchev–Trinajstić information content (AvgIpc) is 3.33. The predicted octanol–water partition coefficient (Wildman–Crippen LogP) is 7.23. The number of allylic oxidation sites excluding steroid dienone is 1. The summed E-state index contributed by atoms with van der Waals surface area (Å²) in [5.41, 5.74) is 4.88. The molecular formula is C32H40N2O.